The lowest BCUT2D eigenvalue weighted by Gasteiger charge is -2.27. The van der Waals surface area contributed by atoms with Crippen LogP contribution in [0, 0.1) is 0 Å². The van der Waals surface area contributed by atoms with Gasteiger partial charge in [-0.15, -0.1) is 0 Å². The quantitative estimate of drug-likeness (QED) is 0.644. The fraction of sp³-hybridized carbons (Fsp3) is 0.429. The molecule has 0 bridgehead atoms. The number of aliphatic hydroxyl groups is 1. The average molecular weight is 278 g/mol. The summed E-state index contributed by atoms with van der Waals surface area (Å²) in [6, 6.07) is 7.53. The minimum Gasteiger partial charge on any atom is -0.479 e. The average Bonchev–Trinajstić information content (AvgIpc) is 2.44. The number of hydrogen-bond acceptors (Lipinski definition) is 4. The van der Waals surface area contributed by atoms with Crippen LogP contribution in [0.2, 0.25) is 0 Å². The highest BCUT2D eigenvalue weighted by Crippen LogP contribution is 2.31. The number of rotatable bonds is 4. The molecule has 0 fully saturated rings. The van der Waals surface area contributed by atoms with E-state index in [1.807, 2.05) is 24.3 Å². The smallest absolute Gasteiger partial charge is 0.337 e. The van der Waals surface area contributed by atoms with E-state index in [2.05, 4.69) is 10.6 Å². The van der Waals surface area contributed by atoms with E-state index in [4.69, 9.17) is 5.11 Å². The molecule has 1 aromatic rings. The van der Waals surface area contributed by atoms with Crippen LogP contribution in [0.4, 0.5) is 5.69 Å². The molecule has 1 aliphatic heterocycles. The Morgan fingerprint density at radius 1 is 1.45 bits per heavy atom. The number of hydrogen-bond donors (Lipinski definition) is 4. The SMILES string of the molecule is CC(O)(CNC(=O)C1CCNc2ccccc21)C(=O)O. The normalized spacial score (nSPS) is 20.2. The summed E-state index contributed by atoms with van der Waals surface area (Å²) in [5, 5.41) is 24.2. The van der Waals surface area contributed by atoms with Crippen molar-refractivity contribution in [3.63, 3.8) is 0 Å². The maximum Gasteiger partial charge on any atom is 0.337 e. The minimum absolute atomic E-state index is 0.263. The first-order valence-corrected chi connectivity index (χ1v) is 6.48. The van der Waals surface area contributed by atoms with Crippen molar-refractivity contribution in [1.29, 1.82) is 0 Å². The van der Waals surface area contributed by atoms with Gasteiger partial charge in [0.15, 0.2) is 5.60 Å². The van der Waals surface area contributed by atoms with Gasteiger partial charge in [0.1, 0.15) is 0 Å². The summed E-state index contributed by atoms with van der Waals surface area (Å²) in [4.78, 5) is 23.0. The van der Waals surface area contributed by atoms with Crippen LogP contribution in [0.3, 0.4) is 0 Å². The molecule has 6 nitrogen and oxygen atoms in total. The Kier molecular flexibility index (Phi) is 3.94. The van der Waals surface area contributed by atoms with Crippen molar-refractivity contribution in [2.75, 3.05) is 18.4 Å². The molecule has 0 spiro atoms. The third kappa shape index (κ3) is 2.91. The minimum atomic E-state index is -1.96. The number of benzene rings is 1. The van der Waals surface area contributed by atoms with Crippen molar-refractivity contribution in [2.45, 2.75) is 24.9 Å². The van der Waals surface area contributed by atoms with Gasteiger partial charge in [-0.1, -0.05) is 18.2 Å². The van der Waals surface area contributed by atoms with E-state index >= 15 is 0 Å². The van der Waals surface area contributed by atoms with Gasteiger partial charge >= 0.3 is 5.97 Å². The Morgan fingerprint density at radius 2 is 2.15 bits per heavy atom. The molecule has 1 amide bonds. The Bertz CT molecular complexity index is 528. The van der Waals surface area contributed by atoms with Crippen molar-refractivity contribution < 1.29 is 19.8 Å². The summed E-state index contributed by atoms with van der Waals surface area (Å²) in [6.07, 6.45) is 0.637. The van der Waals surface area contributed by atoms with E-state index in [-0.39, 0.29) is 18.4 Å². The van der Waals surface area contributed by atoms with Crippen LogP contribution in [0.1, 0.15) is 24.8 Å². The number of fused-ring (bicyclic) bond motifs is 1. The third-order valence-electron chi connectivity index (χ3n) is 3.47. The van der Waals surface area contributed by atoms with Gasteiger partial charge in [-0.25, -0.2) is 4.79 Å². The van der Waals surface area contributed by atoms with Crippen molar-refractivity contribution in [2.24, 2.45) is 0 Å². The number of carbonyl (C=O) groups is 2. The number of carboxylic acid groups (broad SMARTS) is 1. The van der Waals surface area contributed by atoms with Crippen molar-refractivity contribution in [3.05, 3.63) is 29.8 Å². The van der Waals surface area contributed by atoms with Crippen LogP contribution in [-0.4, -0.2) is 40.8 Å². The molecule has 6 heteroatoms. The molecule has 108 valence electrons. The molecular formula is C14H18N2O4. The fourth-order valence-corrected chi connectivity index (χ4v) is 2.20. The van der Waals surface area contributed by atoms with Crippen LogP contribution < -0.4 is 10.6 Å². The zero-order valence-corrected chi connectivity index (χ0v) is 11.2. The van der Waals surface area contributed by atoms with Crippen molar-refractivity contribution >= 4 is 17.6 Å². The predicted molar refractivity (Wildman–Crippen MR) is 73.6 cm³/mol. The van der Waals surface area contributed by atoms with Gasteiger partial charge < -0.3 is 20.8 Å². The van der Waals surface area contributed by atoms with Crippen LogP contribution in [0.15, 0.2) is 24.3 Å². The van der Waals surface area contributed by atoms with E-state index in [1.54, 1.807) is 0 Å². The topological polar surface area (TPSA) is 98.7 Å². The zero-order valence-electron chi connectivity index (χ0n) is 11.2. The summed E-state index contributed by atoms with van der Waals surface area (Å²) in [6.45, 7) is 1.53. The predicted octanol–water partition coefficient (Wildman–Crippen LogP) is 0.538. The lowest BCUT2D eigenvalue weighted by atomic mass is 9.90. The second-order valence-electron chi connectivity index (χ2n) is 5.15. The molecule has 2 unspecified atom stereocenters. The van der Waals surface area contributed by atoms with E-state index in [0.29, 0.717) is 13.0 Å². The van der Waals surface area contributed by atoms with E-state index in [9.17, 15) is 14.7 Å². The number of anilines is 1. The molecule has 2 rings (SSSR count). The first-order valence-electron chi connectivity index (χ1n) is 6.48. The molecule has 20 heavy (non-hydrogen) atoms. The van der Waals surface area contributed by atoms with Crippen molar-refractivity contribution in [3.8, 4) is 0 Å². The zero-order chi connectivity index (χ0) is 14.8. The third-order valence-corrected chi connectivity index (χ3v) is 3.47. The molecule has 0 saturated carbocycles. The standard InChI is InChI=1S/C14H18N2O4/c1-14(20,13(18)19)8-16-12(17)10-6-7-15-11-5-3-2-4-9(10)11/h2-5,10,15,20H,6-8H2,1H3,(H,16,17)(H,18,19). The van der Waals surface area contributed by atoms with Crippen molar-refractivity contribution in [1.82, 2.24) is 5.32 Å². The number of para-hydroxylation sites is 1. The van der Waals surface area contributed by atoms with Crippen LogP contribution >= 0.6 is 0 Å². The lowest BCUT2D eigenvalue weighted by Crippen LogP contribution is -2.48. The molecular weight excluding hydrogens is 260 g/mol. The molecule has 0 saturated heterocycles. The van der Waals surface area contributed by atoms with Crippen LogP contribution in [-0.2, 0) is 9.59 Å². The highest BCUT2D eigenvalue weighted by molar-refractivity contribution is 5.87. The molecule has 2 atom stereocenters. The number of aliphatic carboxylic acids is 1. The van der Waals surface area contributed by atoms with Gasteiger partial charge in [0, 0.05) is 12.2 Å². The second-order valence-corrected chi connectivity index (χ2v) is 5.15. The Labute approximate surface area is 116 Å². The van der Waals surface area contributed by atoms with Gasteiger partial charge in [-0.3, -0.25) is 4.79 Å². The maximum absolute atomic E-state index is 12.2. The summed E-state index contributed by atoms with van der Waals surface area (Å²) >= 11 is 0. The van der Waals surface area contributed by atoms with Gasteiger partial charge in [0.25, 0.3) is 0 Å². The van der Waals surface area contributed by atoms with E-state index in [1.165, 1.54) is 0 Å². The number of carbonyl (C=O) groups excluding carboxylic acids is 1. The highest BCUT2D eigenvalue weighted by atomic mass is 16.4. The Hall–Kier alpha value is -2.08. The first kappa shape index (κ1) is 14.3. The molecule has 1 heterocycles. The van der Waals surface area contributed by atoms with Crippen LogP contribution in [0.25, 0.3) is 0 Å². The largest absolute Gasteiger partial charge is 0.479 e. The van der Waals surface area contributed by atoms with Gasteiger partial charge in [0.05, 0.1) is 12.5 Å². The summed E-state index contributed by atoms with van der Waals surface area (Å²) in [5.74, 6) is -1.94. The molecule has 0 aliphatic carbocycles. The Balaban J connectivity index is 2.06. The molecule has 1 aliphatic rings. The Morgan fingerprint density at radius 3 is 2.85 bits per heavy atom. The summed E-state index contributed by atoms with van der Waals surface area (Å²) in [5.41, 5.74) is -0.141. The maximum atomic E-state index is 12.2. The van der Waals surface area contributed by atoms with E-state index in [0.717, 1.165) is 18.2 Å². The number of carboxylic acids is 1. The lowest BCUT2D eigenvalue weighted by molar-refractivity contribution is -0.156. The summed E-state index contributed by atoms with van der Waals surface area (Å²) in [7, 11) is 0. The van der Waals surface area contributed by atoms with Gasteiger partial charge in [-0.05, 0) is 25.0 Å². The number of nitrogens with one attached hydrogen (secondary N) is 2. The van der Waals surface area contributed by atoms with E-state index < -0.39 is 11.6 Å². The highest BCUT2D eigenvalue weighted by Gasteiger charge is 2.32. The van der Waals surface area contributed by atoms with Gasteiger partial charge in [-0.2, -0.15) is 0 Å². The van der Waals surface area contributed by atoms with Crippen LogP contribution in [0.5, 0.6) is 0 Å². The number of amides is 1. The summed E-state index contributed by atoms with van der Waals surface area (Å²) < 4.78 is 0. The molecule has 1 aromatic carbocycles. The molecule has 0 aromatic heterocycles. The second kappa shape index (κ2) is 5.50. The molecule has 0 radical (unpaired) electrons. The first-order chi connectivity index (χ1) is 9.42. The molecule has 4 N–H and O–H groups in total. The van der Waals surface area contributed by atoms with Gasteiger partial charge in [0.2, 0.25) is 5.91 Å². The monoisotopic (exact) mass is 278 g/mol. The fourth-order valence-electron chi connectivity index (χ4n) is 2.20.